The maximum atomic E-state index is 12.3. The molecule has 0 bridgehead atoms. The number of pyridine rings is 1. The highest BCUT2D eigenvalue weighted by Gasteiger charge is 2.25. The quantitative estimate of drug-likeness (QED) is 0.875. The molecule has 1 amide bonds. The number of rotatable bonds is 3. The van der Waals surface area contributed by atoms with Crippen LogP contribution in [0.4, 0.5) is 0 Å². The van der Waals surface area contributed by atoms with Gasteiger partial charge in [0.2, 0.25) is 5.91 Å². The summed E-state index contributed by atoms with van der Waals surface area (Å²) in [5.41, 5.74) is 7.69. The Morgan fingerprint density at radius 2 is 2.33 bits per heavy atom. The van der Waals surface area contributed by atoms with E-state index in [1.165, 1.54) is 6.42 Å². The summed E-state index contributed by atoms with van der Waals surface area (Å²) in [6.07, 6.45) is 5.53. The minimum atomic E-state index is 0.177. The Hall–Kier alpha value is -1.42. The molecule has 1 aliphatic heterocycles. The first-order chi connectivity index (χ1) is 8.70. The van der Waals surface area contributed by atoms with Gasteiger partial charge in [-0.3, -0.25) is 9.78 Å². The highest BCUT2D eigenvalue weighted by atomic mass is 16.2. The zero-order chi connectivity index (χ0) is 13.0. The van der Waals surface area contributed by atoms with Crippen molar-refractivity contribution in [3.05, 3.63) is 29.6 Å². The van der Waals surface area contributed by atoms with Crippen molar-refractivity contribution in [3.63, 3.8) is 0 Å². The number of likely N-dealkylation sites (tertiary alicyclic amines) is 1. The van der Waals surface area contributed by atoms with E-state index in [2.05, 4.69) is 4.98 Å². The lowest BCUT2D eigenvalue weighted by Crippen LogP contribution is -2.48. The summed E-state index contributed by atoms with van der Waals surface area (Å²) < 4.78 is 0. The van der Waals surface area contributed by atoms with Crippen molar-refractivity contribution in [1.82, 2.24) is 9.88 Å². The van der Waals surface area contributed by atoms with E-state index in [1.54, 1.807) is 6.20 Å². The molecule has 1 aromatic heterocycles. The smallest absolute Gasteiger partial charge is 0.227 e. The maximum Gasteiger partial charge on any atom is 0.227 e. The Bertz CT molecular complexity index is 402. The van der Waals surface area contributed by atoms with Crippen LogP contribution in [0.5, 0.6) is 0 Å². The molecule has 0 spiro atoms. The molecule has 4 nitrogen and oxygen atoms in total. The average molecular weight is 247 g/mol. The van der Waals surface area contributed by atoms with Gasteiger partial charge in [0.15, 0.2) is 0 Å². The minimum absolute atomic E-state index is 0.177. The number of carbonyl (C=O) groups excluding carboxylic acids is 1. The van der Waals surface area contributed by atoms with Crippen LogP contribution in [0.15, 0.2) is 18.3 Å². The lowest BCUT2D eigenvalue weighted by atomic mass is 10.0. The van der Waals surface area contributed by atoms with Gasteiger partial charge in [0.1, 0.15) is 0 Å². The summed E-state index contributed by atoms with van der Waals surface area (Å²) in [6.45, 7) is 3.36. The summed E-state index contributed by atoms with van der Waals surface area (Å²) in [5.74, 6) is 0.177. The molecule has 2 N–H and O–H groups in total. The van der Waals surface area contributed by atoms with E-state index in [1.807, 2.05) is 24.0 Å². The lowest BCUT2D eigenvalue weighted by Gasteiger charge is -2.35. The van der Waals surface area contributed by atoms with Crippen LogP contribution in [0.3, 0.4) is 0 Å². The minimum Gasteiger partial charge on any atom is -0.338 e. The van der Waals surface area contributed by atoms with Gasteiger partial charge in [-0.2, -0.15) is 0 Å². The standard InChI is InChI=1S/C14H21N3O/c1-11-5-6-12(10-16-11)8-14(18)17-7-3-2-4-13(17)9-15/h5-6,10,13H,2-4,7-9,15H2,1H3/t13-/m0/s1. The van der Waals surface area contributed by atoms with E-state index in [9.17, 15) is 4.79 Å². The van der Waals surface area contributed by atoms with Crippen molar-refractivity contribution in [2.24, 2.45) is 5.73 Å². The van der Waals surface area contributed by atoms with Crippen molar-refractivity contribution in [2.45, 2.75) is 38.6 Å². The lowest BCUT2D eigenvalue weighted by molar-refractivity contribution is -0.133. The van der Waals surface area contributed by atoms with Crippen LogP contribution < -0.4 is 5.73 Å². The molecule has 18 heavy (non-hydrogen) atoms. The van der Waals surface area contributed by atoms with Gasteiger partial charge in [0.05, 0.1) is 6.42 Å². The summed E-state index contributed by atoms with van der Waals surface area (Å²) in [5, 5.41) is 0. The van der Waals surface area contributed by atoms with Crippen LogP contribution in [-0.2, 0) is 11.2 Å². The second-order valence-electron chi connectivity index (χ2n) is 4.96. The highest BCUT2D eigenvalue weighted by molar-refractivity contribution is 5.79. The number of nitrogens with two attached hydrogens (primary N) is 1. The van der Waals surface area contributed by atoms with Crippen molar-refractivity contribution in [1.29, 1.82) is 0 Å². The molecule has 2 rings (SSSR count). The molecule has 4 heteroatoms. The van der Waals surface area contributed by atoms with Gasteiger partial charge in [-0.25, -0.2) is 0 Å². The molecule has 0 aromatic carbocycles. The summed E-state index contributed by atoms with van der Waals surface area (Å²) >= 11 is 0. The summed E-state index contributed by atoms with van der Waals surface area (Å²) in [4.78, 5) is 18.4. The van der Waals surface area contributed by atoms with Gasteiger partial charge in [0, 0.05) is 31.0 Å². The molecule has 0 radical (unpaired) electrons. The Labute approximate surface area is 108 Å². The second-order valence-corrected chi connectivity index (χ2v) is 4.96. The first-order valence-corrected chi connectivity index (χ1v) is 6.62. The molecule has 1 atom stereocenters. The largest absolute Gasteiger partial charge is 0.338 e. The van der Waals surface area contributed by atoms with Crippen LogP contribution in [-0.4, -0.2) is 34.9 Å². The molecule has 0 unspecified atom stereocenters. The topological polar surface area (TPSA) is 59.2 Å². The molecule has 0 saturated carbocycles. The molecule has 1 saturated heterocycles. The average Bonchev–Trinajstić information content (AvgIpc) is 2.41. The molecule has 1 aromatic rings. The third kappa shape index (κ3) is 3.07. The third-order valence-corrected chi connectivity index (χ3v) is 3.55. The van der Waals surface area contributed by atoms with Crippen LogP contribution in [0.2, 0.25) is 0 Å². The number of piperidine rings is 1. The highest BCUT2D eigenvalue weighted by Crippen LogP contribution is 2.17. The summed E-state index contributed by atoms with van der Waals surface area (Å²) in [7, 11) is 0. The fourth-order valence-electron chi connectivity index (χ4n) is 2.45. The monoisotopic (exact) mass is 247 g/mol. The Kier molecular flexibility index (Phi) is 4.31. The predicted molar refractivity (Wildman–Crippen MR) is 71.1 cm³/mol. The summed E-state index contributed by atoms with van der Waals surface area (Å²) in [6, 6.07) is 4.14. The van der Waals surface area contributed by atoms with Gasteiger partial charge in [-0.05, 0) is 37.8 Å². The molecular weight excluding hydrogens is 226 g/mol. The molecule has 1 fully saturated rings. The molecule has 0 aliphatic carbocycles. The van der Waals surface area contributed by atoms with E-state index >= 15 is 0 Å². The fourth-order valence-corrected chi connectivity index (χ4v) is 2.45. The van der Waals surface area contributed by atoms with E-state index in [0.717, 1.165) is 30.6 Å². The number of carbonyl (C=O) groups is 1. The van der Waals surface area contributed by atoms with Gasteiger partial charge in [0.25, 0.3) is 0 Å². The fraction of sp³-hybridized carbons (Fsp3) is 0.571. The molecule has 98 valence electrons. The molecular formula is C14H21N3O. The van der Waals surface area contributed by atoms with Crippen molar-refractivity contribution >= 4 is 5.91 Å². The number of aryl methyl sites for hydroxylation is 1. The van der Waals surface area contributed by atoms with Crippen molar-refractivity contribution < 1.29 is 4.79 Å². The Morgan fingerprint density at radius 3 is 3.00 bits per heavy atom. The zero-order valence-corrected chi connectivity index (χ0v) is 10.9. The normalized spacial score (nSPS) is 19.9. The number of amides is 1. The van der Waals surface area contributed by atoms with E-state index in [0.29, 0.717) is 13.0 Å². The van der Waals surface area contributed by atoms with Gasteiger partial charge < -0.3 is 10.6 Å². The third-order valence-electron chi connectivity index (χ3n) is 3.55. The Morgan fingerprint density at radius 1 is 1.50 bits per heavy atom. The first kappa shape index (κ1) is 13.0. The van der Waals surface area contributed by atoms with Gasteiger partial charge in [-0.15, -0.1) is 0 Å². The van der Waals surface area contributed by atoms with Crippen LogP contribution in [0.1, 0.15) is 30.5 Å². The number of nitrogens with zero attached hydrogens (tertiary/aromatic N) is 2. The zero-order valence-electron chi connectivity index (χ0n) is 10.9. The van der Waals surface area contributed by atoms with E-state index in [4.69, 9.17) is 5.73 Å². The Balaban J connectivity index is 2.00. The van der Waals surface area contributed by atoms with Crippen molar-refractivity contribution in [2.75, 3.05) is 13.1 Å². The maximum absolute atomic E-state index is 12.3. The van der Waals surface area contributed by atoms with Gasteiger partial charge >= 0.3 is 0 Å². The van der Waals surface area contributed by atoms with Crippen LogP contribution in [0, 0.1) is 6.92 Å². The van der Waals surface area contributed by atoms with E-state index in [-0.39, 0.29) is 11.9 Å². The predicted octanol–water partition coefficient (Wildman–Crippen LogP) is 1.27. The molecule has 2 heterocycles. The van der Waals surface area contributed by atoms with Crippen LogP contribution in [0.25, 0.3) is 0 Å². The SMILES string of the molecule is Cc1ccc(CC(=O)N2CCCC[C@H]2CN)cn1. The number of hydrogen-bond donors (Lipinski definition) is 1. The van der Waals surface area contributed by atoms with E-state index < -0.39 is 0 Å². The van der Waals surface area contributed by atoms with Gasteiger partial charge in [-0.1, -0.05) is 6.07 Å². The number of hydrogen-bond acceptors (Lipinski definition) is 3. The van der Waals surface area contributed by atoms with Crippen LogP contribution >= 0.6 is 0 Å². The second kappa shape index (κ2) is 5.96. The van der Waals surface area contributed by atoms with Crippen molar-refractivity contribution in [3.8, 4) is 0 Å². The first-order valence-electron chi connectivity index (χ1n) is 6.62. The molecule has 1 aliphatic rings. The number of aromatic nitrogens is 1.